The molecule has 0 aliphatic heterocycles. The molecule has 0 bridgehead atoms. The Morgan fingerprint density at radius 3 is 2.29 bits per heavy atom. The summed E-state index contributed by atoms with van der Waals surface area (Å²) in [6.07, 6.45) is -0.662. The molecular formula is C22H26ClN3O5. The fourth-order valence-electron chi connectivity index (χ4n) is 2.51. The highest BCUT2D eigenvalue weighted by Gasteiger charge is 2.16. The van der Waals surface area contributed by atoms with Crippen molar-refractivity contribution < 1.29 is 23.9 Å². The number of hydrogen-bond acceptors (Lipinski definition) is 5. The number of ether oxygens (including phenoxy) is 2. The first-order chi connectivity index (χ1) is 14.6. The van der Waals surface area contributed by atoms with Crippen LogP contribution in [0.15, 0.2) is 42.5 Å². The van der Waals surface area contributed by atoms with Crippen LogP contribution >= 0.6 is 11.6 Å². The van der Waals surface area contributed by atoms with Crippen LogP contribution in [0.3, 0.4) is 0 Å². The molecular weight excluding hydrogens is 422 g/mol. The van der Waals surface area contributed by atoms with E-state index < -0.39 is 11.7 Å². The molecule has 0 spiro atoms. The zero-order valence-corrected chi connectivity index (χ0v) is 18.6. The number of halogens is 1. The number of rotatable bonds is 7. The van der Waals surface area contributed by atoms with Gasteiger partial charge in [-0.15, -0.1) is 0 Å². The summed E-state index contributed by atoms with van der Waals surface area (Å²) in [5.41, 5.74) is 1.10. The van der Waals surface area contributed by atoms with Gasteiger partial charge in [-0.25, -0.2) is 4.79 Å². The van der Waals surface area contributed by atoms with Crippen molar-refractivity contribution in [1.29, 1.82) is 0 Å². The Morgan fingerprint density at radius 2 is 1.68 bits per heavy atom. The molecule has 0 saturated carbocycles. The van der Waals surface area contributed by atoms with E-state index in [1.165, 1.54) is 7.11 Å². The van der Waals surface area contributed by atoms with E-state index in [1.54, 1.807) is 63.2 Å². The number of carbonyl (C=O) groups excluding carboxylic acids is 3. The highest BCUT2D eigenvalue weighted by molar-refractivity contribution is 6.31. The van der Waals surface area contributed by atoms with Crippen LogP contribution in [0, 0.1) is 0 Å². The van der Waals surface area contributed by atoms with Crippen molar-refractivity contribution in [2.24, 2.45) is 0 Å². The second-order valence-electron chi connectivity index (χ2n) is 7.63. The Hall–Kier alpha value is -3.26. The van der Waals surface area contributed by atoms with Gasteiger partial charge in [-0.05, 0) is 56.7 Å². The lowest BCUT2D eigenvalue weighted by atomic mass is 10.1. The maximum absolute atomic E-state index is 12.4. The van der Waals surface area contributed by atoms with Gasteiger partial charge in [0, 0.05) is 17.3 Å². The standard InChI is InChI=1S/C22H26ClN3O5/c1-22(2,3)31-21(29)25-13-19(27)26-16-8-5-14(6-9-16)12-24-20(28)17-11-15(23)7-10-18(17)30-4/h5-11H,12-13H2,1-4H3,(H,24,28)(H,25,29)(H,26,27). The first-order valence-electron chi connectivity index (χ1n) is 9.55. The summed E-state index contributed by atoms with van der Waals surface area (Å²) in [6.45, 7) is 5.28. The minimum absolute atomic E-state index is 0.214. The number of carbonyl (C=O) groups is 3. The molecule has 2 rings (SSSR count). The van der Waals surface area contributed by atoms with Gasteiger partial charge in [0.1, 0.15) is 17.9 Å². The van der Waals surface area contributed by atoms with Gasteiger partial charge in [0.05, 0.1) is 12.7 Å². The first-order valence-corrected chi connectivity index (χ1v) is 9.92. The smallest absolute Gasteiger partial charge is 0.408 e. The Bertz CT molecular complexity index is 939. The third kappa shape index (κ3) is 8.18. The highest BCUT2D eigenvalue weighted by Crippen LogP contribution is 2.22. The minimum atomic E-state index is -0.662. The molecule has 0 saturated heterocycles. The lowest BCUT2D eigenvalue weighted by Crippen LogP contribution is -2.37. The maximum atomic E-state index is 12.4. The van der Waals surface area contributed by atoms with Gasteiger partial charge >= 0.3 is 6.09 Å². The SMILES string of the molecule is COc1ccc(Cl)cc1C(=O)NCc1ccc(NC(=O)CNC(=O)OC(C)(C)C)cc1. The van der Waals surface area contributed by atoms with Crippen LogP contribution in [0.2, 0.25) is 5.02 Å². The summed E-state index contributed by atoms with van der Waals surface area (Å²) >= 11 is 5.96. The van der Waals surface area contributed by atoms with Crippen LogP contribution in [0.4, 0.5) is 10.5 Å². The quantitative estimate of drug-likeness (QED) is 0.599. The van der Waals surface area contributed by atoms with Crippen LogP contribution in [0.1, 0.15) is 36.7 Å². The zero-order chi connectivity index (χ0) is 23.0. The second kappa shape index (κ2) is 10.7. The molecule has 8 nitrogen and oxygen atoms in total. The molecule has 31 heavy (non-hydrogen) atoms. The lowest BCUT2D eigenvalue weighted by Gasteiger charge is -2.19. The average molecular weight is 448 g/mol. The molecule has 0 aliphatic rings. The average Bonchev–Trinajstić information content (AvgIpc) is 2.70. The van der Waals surface area contributed by atoms with Gasteiger partial charge in [-0.1, -0.05) is 23.7 Å². The monoisotopic (exact) mass is 447 g/mol. The molecule has 3 N–H and O–H groups in total. The van der Waals surface area contributed by atoms with Crippen LogP contribution in [0.5, 0.6) is 5.75 Å². The first kappa shape index (κ1) is 24.0. The third-order valence-electron chi connectivity index (χ3n) is 3.89. The summed E-state index contributed by atoms with van der Waals surface area (Å²) < 4.78 is 10.3. The lowest BCUT2D eigenvalue weighted by molar-refractivity contribution is -0.115. The van der Waals surface area contributed by atoms with Crippen LogP contribution in [0.25, 0.3) is 0 Å². The van der Waals surface area contributed by atoms with E-state index in [1.807, 2.05) is 0 Å². The highest BCUT2D eigenvalue weighted by atomic mass is 35.5. The van der Waals surface area contributed by atoms with E-state index in [0.29, 0.717) is 22.0 Å². The normalized spacial score (nSPS) is 10.7. The fourth-order valence-corrected chi connectivity index (χ4v) is 2.69. The van der Waals surface area contributed by atoms with Crippen molar-refractivity contribution >= 4 is 35.2 Å². The van der Waals surface area contributed by atoms with Crippen molar-refractivity contribution in [3.05, 3.63) is 58.6 Å². The minimum Gasteiger partial charge on any atom is -0.496 e. The molecule has 2 aromatic rings. The molecule has 166 valence electrons. The Morgan fingerprint density at radius 1 is 1.00 bits per heavy atom. The summed E-state index contributed by atoms with van der Waals surface area (Å²) in [5.74, 6) is -0.273. The summed E-state index contributed by atoms with van der Waals surface area (Å²) in [4.78, 5) is 36.0. The van der Waals surface area contributed by atoms with Crippen LogP contribution in [-0.2, 0) is 16.1 Å². The molecule has 0 unspecified atom stereocenters. The molecule has 0 aliphatic carbocycles. The van der Waals surface area contributed by atoms with Crippen molar-refractivity contribution in [1.82, 2.24) is 10.6 Å². The topological polar surface area (TPSA) is 106 Å². The zero-order valence-electron chi connectivity index (χ0n) is 17.9. The number of methoxy groups -OCH3 is 1. The molecule has 9 heteroatoms. The van der Waals surface area contributed by atoms with Crippen molar-refractivity contribution in [2.45, 2.75) is 32.9 Å². The van der Waals surface area contributed by atoms with Gasteiger partial charge in [0.15, 0.2) is 0 Å². The van der Waals surface area contributed by atoms with E-state index in [0.717, 1.165) is 5.56 Å². The predicted octanol–water partition coefficient (Wildman–Crippen LogP) is 3.74. The van der Waals surface area contributed by atoms with Gasteiger partial charge in [0.2, 0.25) is 5.91 Å². The Labute approximate surface area is 186 Å². The predicted molar refractivity (Wildman–Crippen MR) is 118 cm³/mol. The van der Waals surface area contributed by atoms with Crippen molar-refractivity contribution in [3.8, 4) is 5.75 Å². The van der Waals surface area contributed by atoms with E-state index in [4.69, 9.17) is 21.1 Å². The van der Waals surface area contributed by atoms with Crippen LogP contribution < -0.4 is 20.7 Å². The number of benzene rings is 2. The molecule has 0 aromatic heterocycles. The molecule has 3 amide bonds. The van der Waals surface area contributed by atoms with E-state index in [-0.39, 0.29) is 24.9 Å². The van der Waals surface area contributed by atoms with Gasteiger partial charge < -0.3 is 25.4 Å². The molecule has 0 atom stereocenters. The summed E-state index contributed by atoms with van der Waals surface area (Å²) in [6, 6.07) is 11.8. The largest absolute Gasteiger partial charge is 0.496 e. The van der Waals surface area contributed by atoms with Gasteiger partial charge in [-0.3, -0.25) is 9.59 Å². The van der Waals surface area contributed by atoms with Crippen LogP contribution in [-0.4, -0.2) is 37.2 Å². The summed E-state index contributed by atoms with van der Waals surface area (Å²) in [7, 11) is 1.48. The molecule has 2 aromatic carbocycles. The number of alkyl carbamates (subject to hydrolysis) is 1. The second-order valence-corrected chi connectivity index (χ2v) is 8.06. The Kier molecular flexibility index (Phi) is 8.27. The van der Waals surface area contributed by atoms with E-state index >= 15 is 0 Å². The number of amides is 3. The number of nitrogens with one attached hydrogen (secondary N) is 3. The van der Waals surface area contributed by atoms with Gasteiger partial charge in [0.25, 0.3) is 5.91 Å². The van der Waals surface area contributed by atoms with Crippen molar-refractivity contribution in [2.75, 3.05) is 19.0 Å². The van der Waals surface area contributed by atoms with E-state index in [2.05, 4.69) is 16.0 Å². The number of hydrogen-bond donors (Lipinski definition) is 3. The third-order valence-corrected chi connectivity index (χ3v) is 4.12. The summed E-state index contributed by atoms with van der Waals surface area (Å²) in [5, 5.41) is 8.30. The molecule has 0 radical (unpaired) electrons. The number of anilines is 1. The van der Waals surface area contributed by atoms with Crippen molar-refractivity contribution in [3.63, 3.8) is 0 Å². The fraction of sp³-hybridized carbons (Fsp3) is 0.318. The molecule has 0 heterocycles. The van der Waals surface area contributed by atoms with E-state index in [9.17, 15) is 14.4 Å². The molecule has 0 fully saturated rings. The maximum Gasteiger partial charge on any atom is 0.408 e. The van der Waals surface area contributed by atoms with Gasteiger partial charge in [-0.2, -0.15) is 0 Å². The Balaban J connectivity index is 1.84.